The number of halogens is 1. The summed E-state index contributed by atoms with van der Waals surface area (Å²) in [6, 6.07) is 0.375. The average Bonchev–Trinajstić information content (AvgIpc) is 2.23. The third-order valence-electron chi connectivity index (χ3n) is 2.52. The molecule has 0 bridgehead atoms. The number of carbonyl (C=O) groups is 1. The third-order valence-corrected chi connectivity index (χ3v) is 2.52. The Balaban J connectivity index is 0. The number of hydrogen-bond donors (Lipinski definition) is 2. The average molecular weight is 251 g/mol. The maximum atomic E-state index is 11.5. The lowest BCUT2D eigenvalue weighted by atomic mass is 10.0. The molecular formula is C12H27ClN2O. The number of nitrogens with one attached hydrogen (secondary N) is 1. The molecule has 1 unspecified atom stereocenters. The summed E-state index contributed by atoms with van der Waals surface area (Å²) in [5, 5.41) is 3.09. The number of rotatable bonds is 9. The van der Waals surface area contributed by atoms with Gasteiger partial charge in [-0.3, -0.25) is 4.79 Å². The molecule has 1 amide bonds. The minimum atomic E-state index is 0. The van der Waals surface area contributed by atoms with Crippen molar-refractivity contribution in [2.24, 2.45) is 5.73 Å². The Labute approximate surface area is 106 Å². The Bertz CT molecular complexity index is 165. The van der Waals surface area contributed by atoms with Gasteiger partial charge in [-0.25, -0.2) is 0 Å². The Hall–Kier alpha value is -0.280. The van der Waals surface area contributed by atoms with Crippen LogP contribution in [-0.2, 0) is 4.79 Å². The van der Waals surface area contributed by atoms with Crippen molar-refractivity contribution in [2.45, 2.75) is 64.8 Å². The van der Waals surface area contributed by atoms with Crippen molar-refractivity contribution in [1.29, 1.82) is 0 Å². The molecule has 0 rings (SSSR count). The van der Waals surface area contributed by atoms with Crippen LogP contribution in [-0.4, -0.2) is 18.5 Å². The van der Waals surface area contributed by atoms with Crippen LogP contribution in [0, 0.1) is 0 Å². The van der Waals surface area contributed by atoms with Crippen molar-refractivity contribution >= 4 is 18.3 Å². The lowest BCUT2D eigenvalue weighted by Crippen LogP contribution is -2.34. The van der Waals surface area contributed by atoms with Gasteiger partial charge >= 0.3 is 0 Å². The molecule has 4 heteroatoms. The maximum absolute atomic E-state index is 11.5. The molecule has 98 valence electrons. The van der Waals surface area contributed by atoms with Crippen molar-refractivity contribution < 1.29 is 4.79 Å². The van der Waals surface area contributed by atoms with E-state index < -0.39 is 0 Å². The predicted molar refractivity (Wildman–Crippen MR) is 71.9 cm³/mol. The fraction of sp³-hybridized carbons (Fsp3) is 0.917. The molecular weight excluding hydrogens is 224 g/mol. The molecule has 1 atom stereocenters. The molecule has 0 aliphatic rings. The van der Waals surface area contributed by atoms with Crippen LogP contribution in [0.5, 0.6) is 0 Å². The molecule has 0 aromatic rings. The molecule has 0 fully saturated rings. The molecule has 0 spiro atoms. The summed E-state index contributed by atoms with van der Waals surface area (Å²) in [6.07, 6.45) is 7.08. The van der Waals surface area contributed by atoms with Crippen LogP contribution in [0.3, 0.4) is 0 Å². The van der Waals surface area contributed by atoms with Crippen molar-refractivity contribution in [3.05, 3.63) is 0 Å². The molecule has 0 aromatic carbocycles. The lowest BCUT2D eigenvalue weighted by molar-refractivity contribution is -0.121. The molecule has 0 aromatic heterocycles. The van der Waals surface area contributed by atoms with E-state index in [-0.39, 0.29) is 18.3 Å². The zero-order valence-corrected chi connectivity index (χ0v) is 11.4. The van der Waals surface area contributed by atoms with Crippen LogP contribution in [0.15, 0.2) is 0 Å². The van der Waals surface area contributed by atoms with E-state index in [0.717, 1.165) is 25.7 Å². The van der Waals surface area contributed by atoms with E-state index in [1.165, 1.54) is 12.8 Å². The summed E-state index contributed by atoms with van der Waals surface area (Å²) in [4.78, 5) is 11.5. The smallest absolute Gasteiger partial charge is 0.220 e. The second-order valence-corrected chi connectivity index (χ2v) is 4.09. The molecule has 0 saturated carbocycles. The number of hydrogen-bond acceptors (Lipinski definition) is 2. The van der Waals surface area contributed by atoms with E-state index in [1.54, 1.807) is 0 Å². The summed E-state index contributed by atoms with van der Waals surface area (Å²) < 4.78 is 0. The van der Waals surface area contributed by atoms with E-state index in [4.69, 9.17) is 5.73 Å². The predicted octanol–water partition coefficient (Wildman–Crippen LogP) is 2.62. The van der Waals surface area contributed by atoms with E-state index in [1.807, 2.05) is 0 Å². The first-order chi connectivity index (χ1) is 7.24. The van der Waals surface area contributed by atoms with Crippen LogP contribution in [0.2, 0.25) is 0 Å². The number of amides is 1. The third kappa shape index (κ3) is 10.2. The molecule has 0 saturated heterocycles. The SMILES string of the molecule is CCCCC(CCC)NC(=O)CCCN.Cl. The van der Waals surface area contributed by atoms with Gasteiger partial charge in [0.25, 0.3) is 0 Å². The maximum Gasteiger partial charge on any atom is 0.220 e. The van der Waals surface area contributed by atoms with Crippen molar-refractivity contribution in [3.63, 3.8) is 0 Å². The van der Waals surface area contributed by atoms with Gasteiger partial charge in [0.1, 0.15) is 0 Å². The Morgan fingerprint density at radius 3 is 2.38 bits per heavy atom. The molecule has 3 nitrogen and oxygen atoms in total. The van der Waals surface area contributed by atoms with Crippen LogP contribution >= 0.6 is 12.4 Å². The van der Waals surface area contributed by atoms with Crippen LogP contribution in [0.1, 0.15) is 58.8 Å². The van der Waals surface area contributed by atoms with Gasteiger partial charge in [0, 0.05) is 12.5 Å². The number of unbranched alkanes of at least 4 members (excludes halogenated alkanes) is 1. The first-order valence-corrected chi connectivity index (χ1v) is 6.24. The minimum absolute atomic E-state index is 0. The summed E-state index contributed by atoms with van der Waals surface area (Å²) in [6.45, 7) is 4.94. The second-order valence-electron chi connectivity index (χ2n) is 4.09. The summed E-state index contributed by atoms with van der Waals surface area (Å²) >= 11 is 0. The van der Waals surface area contributed by atoms with E-state index in [2.05, 4.69) is 19.2 Å². The van der Waals surface area contributed by atoms with E-state index >= 15 is 0 Å². The second kappa shape index (κ2) is 12.8. The molecule has 0 radical (unpaired) electrons. The molecule has 3 N–H and O–H groups in total. The van der Waals surface area contributed by atoms with Gasteiger partial charge in [-0.15, -0.1) is 12.4 Å². The van der Waals surface area contributed by atoms with Crippen molar-refractivity contribution in [2.75, 3.05) is 6.54 Å². The summed E-state index contributed by atoms with van der Waals surface area (Å²) in [7, 11) is 0. The zero-order valence-electron chi connectivity index (χ0n) is 10.6. The van der Waals surface area contributed by atoms with E-state index in [9.17, 15) is 4.79 Å². The lowest BCUT2D eigenvalue weighted by Gasteiger charge is -2.17. The van der Waals surface area contributed by atoms with Crippen LogP contribution in [0.25, 0.3) is 0 Å². The highest BCUT2D eigenvalue weighted by Gasteiger charge is 2.10. The Morgan fingerprint density at radius 1 is 1.19 bits per heavy atom. The quantitative estimate of drug-likeness (QED) is 0.661. The minimum Gasteiger partial charge on any atom is -0.353 e. The molecule has 0 heterocycles. The summed E-state index contributed by atoms with van der Waals surface area (Å²) in [5.41, 5.74) is 5.37. The first kappa shape index (κ1) is 18.1. The van der Waals surface area contributed by atoms with Crippen LogP contribution in [0.4, 0.5) is 0 Å². The fourth-order valence-electron chi connectivity index (χ4n) is 1.65. The van der Waals surface area contributed by atoms with Gasteiger partial charge < -0.3 is 11.1 Å². The van der Waals surface area contributed by atoms with Gasteiger partial charge in [0.05, 0.1) is 0 Å². The van der Waals surface area contributed by atoms with Gasteiger partial charge in [0.15, 0.2) is 0 Å². The molecule has 0 aliphatic carbocycles. The van der Waals surface area contributed by atoms with Gasteiger partial charge in [-0.2, -0.15) is 0 Å². The van der Waals surface area contributed by atoms with Gasteiger partial charge in [-0.1, -0.05) is 33.1 Å². The van der Waals surface area contributed by atoms with Crippen molar-refractivity contribution in [3.8, 4) is 0 Å². The molecule has 16 heavy (non-hydrogen) atoms. The highest BCUT2D eigenvalue weighted by molar-refractivity contribution is 5.85. The van der Waals surface area contributed by atoms with Gasteiger partial charge in [0.2, 0.25) is 5.91 Å². The van der Waals surface area contributed by atoms with Gasteiger partial charge in [-0.05, 0) is 25.8 Å². The topological polar surface area (TPSA) is 55.1 Å². The van der Waals surface area contributed by atoms with Crippen LogP contribution < -0.4 is 11.1 Å². The number of carbonyl (C=O) groups excluding carboxylic acids is 1. The van der Waals surface area contributed by atoms with Crippen molar-refractivity contribution in [1.82, 2.24) is 5.32 Å². The largest absolute Gasteiger partial charge is 0.353 e. The Morgan fingerprint density at radius 2 is 1.88 bits per heavy atom. The highest BCUT2D eigenvalue weighted by Crippen LogP contribution is 2.07. The monoisotopic (exact) mass is 250 g/mol. The normalized spacial score (nSPS) is 11.7. The van der Waals surface area contributed by atoms with E-state index in [0.29, 0.717) is 19.0 Å². The highest BCUT2D eigenvalue weighted by atomic mass is 35.5. The Kier molecular flexibility index (Phi) is 14.5. The summed E-state index contributed by atoms with van der Waals surface area (Å²) in [5.74, 6) is 0.162. The number of nitrogens with two attached hydrogens (primary N) is 1. The fourth-order valence-corrected chi connectivity index (χ4v) is 1.65. The zero-order chi connectivity index (χ0) is 11.5. The first-order valence-electron chi connectivity index (χ1n) is 6.24. The molecule has 0 aliphatic heterocycles. The standard InChI is InChI=1S/C12H26N2O.ClH/c1-3-5-8-11(7-4-2)14-12(15)9-6-10-13;/h11H,3-10,13H2,1-2H3,(H,14,15);1H.